The molecule has 0 amide bonds. The van der Waals surface area contributed by atoms with Gasteiger partial charge in [0.15, 0.2) is 0 Å². The van der Waals surface area contributed by atoms with Crippen LogP contribution in [0.3, 0.4) is 0 Å². The van der Waals surface area contributed by atoms with Gasteiger partial charge in [-0.25, -0.2) is 0 Å². The SMILES string of the molecule is C[Si](C)(C)C1CC=CS1. The van der Waals surface area contributed by atoms with Crippen molar-refractivity contribution < 1.29 is 0 Å². The molecule has 0 N–H and O–H groups in total. The molecule has 0 aromatic heterocycles. The summed E-state index contributed by atoms with van der Waals surface area (Å²) in [5.74, 6) is 0. The Labute approximate surface area is 62.7 Å². The Kier molecular flexibility index (Phi) is 2.06. The number of hydrogen-bond donors (Lipinski definition) is 0. The third-order valence-electron chi connectivity index (χ3n) is 1.66. The van der Waals surface area contributed by atoms with Crippen molar-refractivity contribution in [2.45, 2.75) is 30.9 Å². The molecule has 0 aliphatic carbocycles. The third-order valence-corrected chi connectivity index (χ3v) is 7.22. The van der Waals surface area contributed by atoms with E-state index in [9.17, 15) is 0 Å². The molecule has 0 aromatic carbocycles. The van der Waals surface area contributed by atoms with Crippen LogP contribution in [0, 0.1) is 0 Å². The molecule has 0 aromatic rings. The average molecular weight is 158 g/mol. The molecule has 0 saturated carbocycles. The first-order valence-corrected chi connectivity index (χ1v) is 7.93. The predicted molar refractivity (Wildman–Crippen MR) is 48.5 cm³/mol. The second-order valence-corrected chi connectivity index (χ2v) is 10.6. The second kappa shape index (κ2) is 2.50. The zero-order valence-electron chi connectivity index (χ0n) is 6.35. The van der Waals surface area contributed by atoms with Crippen molar-refractivity contribution in [1.29, 1.82) is 0 Å². The molecule has 0 fully saturated rings. The Hall–Kier alpha value is 0.307. The molecule has 9 heavy (non-hydrogen) atoms. The van der Waals surface area contributed by atoms with Gasteiger partial charge in [0.1, 0.15) is 0 Å². The first-order valence-electron chi connectivity index (χ1n) is 3.41. The van der Waals surface area contributed by atoms with Gasteiger partial charge in [0.05, 0.1) is 8.07 Å². The van der Waals surface area contributed by atoms with Gasteiger partial charge in [0.2, 0.25) is 0 Å². The molecule has 1 aliphatic rings. The normalized spacial score (nSPS) is 27.2. The topological polar surface area (TPSA) is 0 Å². The van der Waals surface area contributed by atoms with Crippen LogP contribution >= 0.6 is 11.8 Å². The van der Waals surface area contributed by atoms with Crippen molar-refractivity contribution >= 4 is 19.8 Å². The molecule has 0 radical (unpaired) electrons. The highest BCUT2D eigenvalue weighted by Gasteiger charge is 2.27. The van der Waals surface area contributed by atoms with E-state index in [-0.39, 0.29) is 0 Å². The lowest BCUT2D eigenvalue weighted by Gasteiger charge is -2.22. The maximum absolute atomic E-state index is 2.44. The first kappa shape index (κ1) is 7.41. The van der Waals surface area contributed by atoms with Crippen molar-refractivity contribution in [3.8, 4) is 0 Å². The molecule has 0 saturated heterocycles. The average Bonchev–Trinajstić information content (AvgIpc) is 2.08. The monoisotopic (exact) mass is 158 g/mol. The number of rotatable bonds is 1. The minimum atomic E-state index is -0.824. The lowest BCUT2D eigenvalue weighted by molar-refractivity contribution is 1.14. The van der Waals surface area contributed by atoms with E-state index < -0.39 is 8.07 Å². The quantitative estimate of drug-likeness (QED) is 0.529. The van der Waals surface area contributed by atoms with Gasteiger partial charge < -0.3 is 0 Å². The van der Waals surface area contributed by atoms with Gasteiger partial charge in [-0.1, -0.05) is 25.7 Å². The van der Waals surface area contributed by atoms with Gasteiger partial charge in [-0.05, 0) is 11.8 Å². The van der Waals surface area contributed by atoms with Crippen LogP contribution in [0.2, 0.25) is 19.6 Å². The summed E-state index contributed by atoms with van der Waals surface area (Å²) in [6, 6.07) is 0. The van der Waals surface area contributed by atoms with E-state index in [2.05, 4.69) is 31.1 Å². The highest BCUT2D eigenvalue weighted by Crippen LogP contribution is 2.31. The van der Waals surface area contributed by atoms with Gasteiger partial charge >= 0.3 is 0 Å². The summed E-state index contributed by atoms with van der Waals surface area (Å²) in [6.45, 7) is 7.33. The number of hydrogen-bond acceptors (Lipinski definition) is 1. The summed E-state index contributed by atoms with van der Waals surface area (Å²) in [5, 5.41) is 2.25. The molecule has 1 atom stereocenters. The highest BCUT2D eigenvalue weighted by atomic mass is 32.2. The smallest absolute Gasteiger partial charge is 0.0595 e. The molecule has 1 heterocycles. The van der Waals surface area contributed by atoms with Crippen molar-refractivity contribution in [3.63, 3.8) is 0 Å². The lowest BCUT2D eigenvalue weighted by Crippen LogP contribution is -2.33. The summed E-state index contributed by atoms with van der Waals surface area (Å²) in [7, 11) is -0.824. The molecule has 0 bridgehead atoms. The van der Waals surface area contributed by atoms with Crippen LogP contribution in [-0.2, 0) is 0 Å². The van der Waals surface area contributed by atoms with Crippen LogP contribution in [0.5, 0.6) is 0 Å². The molecule has 1 aliphatic heterocycles. The van der Waals surface area contributed by atoms with E-state index in [0.717, 1.165) is 4.87 Å². The summed E-state index contributed by atoms with van der Waals surface area (Å²) >= 11 is 2.03. The minimum absolute atomic E-state index is 0.824. The van der Waals surface area contributed by atoms with E-state index in [1.165, 1.54) is 6.42 Å². The zero-order valence-corrected chi connectivity index (χ0v) is 8.16. The highest BCUT2D eigenvalue weighted by molar-refractivity contribution is 8.04. The van der Waals surface area contributed by atoms with Crippen LogP contribution in [-0.4, -0.2) is 12.9 Å². The van der Waals surface area contributed by atoms with Crippen molar-refractivity contribution in [2.24, 2.45) is 0 Å². The number of thioether (sulfide) groups is 1. The fourth-order valence-corrected chi connectivity index (χ4v) is 4.29. The fraction of sp³-hybridized carbons (Fsp3) is 0.714. The largest absolute Gasteiger partial charge is 0.134 e. The summed E-state index contributed by atoms with van der Waals surface area (Å²) in [5.41, 5.74) is 0. The van der Waals surface area contributed by atoms with Gasteiger partial charge in [0, 0.05) is 4.87 Å². The molecule has 1 unspecified atom stereocenters. The van der Waals surface area contributed by atoms with Crippen molar-refractivity contribution in [1.82, 2.24) is 0 Å². The summed E-state index contributed by atoms with van der Waals surface area (Å²) < 4.78 is 0. The minimum Gasteiger partial charge on any atom is -0.134 e. The van der Waals surface area contributed by atoms with E-state index in [1.54, 1.807) is 0 Å². The van der Waals surface area contributed by atoms with Crippen LogP contribution in [0.15, 0.2) is 11.5 Å². The number of allylic oxidation sites excluding steroid dienone is 1. The van der Waals surface area contributed by atoms with Crippen LogP contribution < -0.4 is 0 Å². The maximum Gasteiger partial charge on any atom is 0.0595 e. The van der Waals surface area contributed by atoms with Gasteiger partial charge in [-0.2, -0.15) is 0 Å². The maximum atomic E-state index is 2.44. The Morgan fingerprint density at radius 1 is 1.44 bits per heavy atom. The van der Waals surface area contributed by atoms with Crippen LogP contribution in [0.25, 0.3) is 0 Å². The van der Waals surface area contributed by atoms with Crippen LogP contribution in [0.1, 0.15) is 6.42 Å². The Morgan fingerprint density at radius 2 is 2.11 bits per heavy atom. The zero-order chi connectivity index (χ0) is 6.91. The molecule has 2 heteroatoms. The van der Waals surface area contributed by atoms with Crippen molar-refractivity contribution in [2.75, 3.05) is 0 Å². The van der Waals surface area contributed by atoms with E-state index in [0.29, 0.717) is 0 Å². The van der Waals surface area contributed by atoms with Crippen molar-refractivity contribution in [3.05, 3.63) is 11.5 Å². The fourth-order valence-electron chi connectivity index (χ4n) is 0.943. The standard InChI is InChI=1S/C7H14SSi/c1-9(2,3)7-5-4-6-8-7/h4,6-7H,5H2,1-3H3. The van der Waals surface area contributed by atoms with E-state index in [4.69, 9.17) is 0 Å². The third kappa shape index (κ3) is 1.87. The second-order valence-electron chi connectivity index (χ2n) is 3.60. The lowest BCUT2D eigenvalue weighted by atomic mass is 10.5. The predicted octanol–water partition coefficient (Wildman–Crippen LogP) is 2.88. The van der Waals surface area contributed by atoms with Gasteiger partial charge in [0.25, 0.3) is 0 Å². The van der Waals surface area contributed by atoms with E-state index >= 15 is 0 Å². The van der Waals surface area contributed by atoms with E-state index in [1.807, 2.05) is 11.8 Å². The van der Waals surface area contributed by atoms with Gasteiger partial charge in [-0.15, -0.1) is 11.8 Å². The molecule has 0 spiro atoms. The molecular formula is C7H14SSi. The Bertz CT molecular complexity index is 115. The van der Waals surface area contributed by atoms with Crippen LogP contribution in [0.4, 0.5) is 0 Å². The molecule has 0 nitrogen and oxygen atoms in total. The Balaban J connectivity index is 2.46. The van der Waals surface area contributed by atoms with Gasteiger partial charge in [-0.3, -0.25) is 0 Å². The summed E-state index contributed by atoms with van der Waals surface area (Å²) in [4.78, 5) is 0.956. The molecule has 52 valence electrons. The molecule has 1 rings (SSSR count). The Morgan fingerprint density at radius 3 is 2.33 bits per heavy atom. The first-order chi connectivity index (χ1) is 4.11. The molecular weight excluding hydrogens is 144 g/mol. The summed E-state index contributed by atoms with van der Waals surface area (Å²) in [6.07, 6.45) is 3.62.